The van der Waals surface area contributed by atoms with Gasteiger partial charge in [0.2, 0.25) is 0 Å². The lowest BCUT2D eigenvalue weighted by Crippen LogP contribution is -2.58. The molecule has 4 nitrogen and oxygen atoms in total. The Balaban J connectivity index is 2.32. The molecular formula is C16H22BrNO3. The molecular weight excluding hydrogens is 334 g/mol. The maximum Gasteiger partial charge on any atom is 0.334 e. The molecule has 2 atom stereocenters. The number of hydrogen-bond donors (Lipinski definition) is 1. The van der Waals surface area contributed by atoms with E-state index in [9.17, 15) is 4.79 Å². The molecule has 5 heteroatoms. The van der Waals surface area contributed by atoms with Gasteiger partial charge in [-0.25, -0.2) is 4.79 Å². The van der Waals surface area contributed by atoms with E-state index in [0.29, 0.717) is 6.61 Å². The Morgan fingerprint density at radius 3 is 2.95 bits per heavy atom. The summed E-state index contributed by atoms with van der Waals surface area (Å²) >= 11 is 3.46. The number of methoxy groups -OCH3 is 1. The smallest absolute Gasteiger partial charge is 0.334 e. The number of ether oxygens (including phenoxy) is 2. The summed E-state index contributed by atoms with van der Waals surface area (Å²) in [4.78, 5) is 12.6. The van der Waals surface area contributed by atoms with Crippen LogP contribution in [0.4, 0.5) is 5.69 Å². The van der Waals surface area contributed by atoms with Crippen molar-refractivity contribution >= 4 is 27.6 Å². The van der Waals surface area contributed by atoms with E-state index in [2.05, 4.69) is 21.2 Å². The summed E-state index contributed by atoms with van der Waals surface area (Å²) in [7, 11) is 1.66. The van der Waals surface area contributed by atoms with Crippen molar-refractivity contribution in [2.24, 2.45) is 0 Å². The number of halogens is 1. The third-order valence-corrected chi connectivity index (χ3v) is 4.45. The van der Waals surface area contributed by atoms with Gasteiger partial charge in [0.25, 0.3) is 0 Å². The zero-order valence-electron chi connectivity index (χ0n) is 12.5. The van der Waals surface area contributed by atoms with Gasteiger partial charge in [-0.05, 0) is 38.0 Å². The second-order valence-electron chi connectivity index (χ2n) is 5.30. The van der Waals surface area contributed by atoms with Gasteiger partial charge in [-0.1, -0.05) is 34.8 Å². The van der Waals surface area contributed by atoms with E-state index < -0.39 is 5.54 Å². The molecule has 1 fully saturated rings. The van der Waals surface area contributed by atoms with Crippen molar-refractivity contribution in [3.05, 3.63) is 28.7 Å². The molecule has 2 unspecified atom stereocenters. The summed E-state index contributed by atoms with van der Waals surface area (Å²) in [5.74, 6) is -0.225. The first-order valence-corrected chi connectivity index (χ1v) is 8.15. The summed E-state index contributed by atoms with van der Waals surface area (Å²) in [6.07, 6.45) is 3.46. The summed E-state index contributed by atoms with van der Waals surface area (Å²) in [5.41, 5.74) is 0.0884. The van der Waals surface area contributed by atoms with E-state index >= 15 is 0 Å². The van der Waals surface area contributed by atoms with E-state index in [0.717, 1.165) is 35.8 Å². The summed E-state index contributed by atoms with van der Waals surface area (Å²) < 4.78 is 11.9. The molecule has 1 N–H and O–H groups in total. The number of anilines is 1. The number of benzene rings is 1. The molecule has 1 aromatic carbocycles. The molecule has 0 aliphatic heterocycles. The Hall–Kier alpha value is -1.07. The second-order valence-corrected chi connectivity index (χ2v) is 6.21. The number of hydrogen-bond acceptors (Lipinski definition) is 4. The minimum atomic E-state index is -0.802. The molecule has 0 amide bonds. The average molecular weight is 356 g/mol. The lowest BCUT2D eigenvalue weighted by Gasteiger charge is -2.42. The highest BCUT2D eigenvalue weighted by Crippen LogP contribution is 2.35. The van der Waals surface area contributed by atoms with E-state index in [1.54, 1.807) is 7.11 Å². The minimum Gasteiger partial charge on any atom is -0.464 e. The van der Waals surface area contributed by atoms with Gasteiger partial charge in [0.1, 0.15) is 0 Å². The summed E-state index contributed by atoms with van der Waals surface area (Å²) in [6.45, 7) is 2.20. The SMILES string of the molecule is CCOC(=O)C1(Nc2cccc(Br)c2)CCCCC1OC. The van der Waals surface area contributed by atoms with Gasteiger partial charge in [-0.2, -0.15) is 0 Å². The highest BCUT2D eigenvalue weighted by Gasteiger charge is 2.49. The van der Waals surface area contributed by atoms with Crippen molar-refractivity contribution in [3.8, 4) is 0 Å². The first kappa shape index (κ1) is 16.3. The summed E-state index contributed by atoms with van der Waals surface area (Å²) in [6, 6.07) is 7.81. The van der Waals surface area contributed by atoms with Gasteiger partial charge in [-0.3, -0.25) is 0 Å². The first-order valence-electron chi connectivity index (χ1n) is 7.36. The number of carbonyl (C=O) groups excluding carboxylic acids is 1. The molecule has 0 aromatic heterocycles. The van der Waals surface area contributed by atoms with Crippen molar-refractivity contribution in [3.63, 3.8) is 0 Å². The zero-order chi connectivity index (χ0) is 15.3. The monoisotopic (exact) mass is 355 g/mol. The van der Waals surface area contributed by atoms with Crippen LogP contribution in [-0.4, -0.2) is 31.3 Å². The number of rotatable bonds is 5. The zero-order valence-corrected chi connectivity index (χ0v) is 14.1. The van der Waals surface area contributed by atoms with Crippen LogP contribution in [0, 0.1) is 0 Å². The lowest BCUT2D eigenvalue weighted by atomic mass is 9.78. The third-order valence-electron chi connectivity index (χ3n) is 3.95. The van der Waals surface area contributed by atoms with Gasteiger partial charge in [0.05, 0.1) is 12.7 Å². The molecule has 21 heavy (non-hydrogen) atoms. The maximum absolute atomic E-state index is 12.6. The molecule has 2 rings (SSSR count). The fourth-order valence-electron chi connectivity index (χ4n) is 2.97. The van der Waals surface area contributed by atoms with Crippen LogP contribution >= 0.6 is 15.9 Å². The largest absolute Gasteiger partial charge is 0.464 e. The predicted molar refractivity (Wildman–Crippen MR) is 86.4 cm³/mol. The van der Waals surface area contributed by atoms with E-state index in [1.807, 2.05) is 31.2 Å². The van der Waals surface area contributed by atoms with Gasteiger partial charge >= 0.3 is 5.97 Å². The molecule has 1 aliphatic carbocycles. The van der Waals surface area contributed by atoms with Crippen LogP contribution in [0.5, 0.6) is 0 Å². The Kier molecular flexibility index (Phi) is 5.65. The summed E-state index contributed by atoms with van der Waals surface area (Å²) in [5, 5.41) is 3.39. The first-order chi connectivity index (χ1) is 10.1. The Bertz CT molecular complexity index is 494. The second kappa shape index (κ2) is 7.27. The van der Waals surface area contributed by atoms with Gasteiger partial charge in [-0.15, -0.1) is 0 Å². The van der Waals surface area contributed by atoms with Gasteiger partial charge in [0.15, 0.2) is 5.54 Å². The number of nitrogens with one attached hydrogen (secondary N) is 1. The quantitative estimate of drug-likeness (QED) is 0.817. The molecule has 0 spiro atoms. The fraction of sp³-hybridized carbons (Fsp3) is 0.562. The molecule has 1 saturated carbocycles. The van der Waals surface area contributed by atoms with E-state index in [1.165, 1.54) is 0 Å². The van der Waals surface area contributed by atoms with Gasteiger partial charge in [0, 0.05) is 17.3 Å². The van der Waals surface area contributed by atoms with Crippen molar-refractivity contribution in [1.82, 2.24) is 0 Å². The molecule has 116 valence electrons. The lowest BCUT2D eigenvalue weighted by molar-refractivity contribution is -0.156. The van der Waals surface area contributed by atoms with Crippen molar-refractivity contribution in [1.29, 1.82) is 0 Å². The molecule has 1 aromatic rings. The highest BCUT2D eigenvalue weighted by atomic mass is 79.9. The van der Waals surface area contributed by atoms with Crippen molar-refractivity contribution in [2.75, 3.05) is 19.0 Å². The van der Waals surface area contributed by atoms with Crippen LogP contribution in [0.2, 0.25) is 0 Å². The maximum atomic E-state index is 12.6. The molecule has 0 bridgehead atoms. The van der Waals surface area contributed by atoms with Crippen LogP contribution < -0.4 is 5.32 Å². The molecule has 0 radical (unpaired) electrons. The van der Waals surface area contributed by atoms with Crippen LogP contribution in [0.3, 0.4) is 0 Å². The fourth-order valence-corrected chi connectivity index (χ4v) is 3.37. The molecule has 1 aliphatic rings. The number of esters is 1. The highest BCUT2D eigenvalue weighted by molar-refractivity contribution is 9.10. The predicted octanol–water partition coefficient (Wildman–Crippen LogP) is 3.75. The molecule has 0 saturated heterocycles. The van der Waals surface area contributed by atoms with Crippen molar-refractivity contribution in [2.45, 2.75) is 44.2 Å². The standard InChI is InChI=1S/C16H22BrNO3/c1-3-21-15(19)16(10-5-4-9-14(16)20-2)18-13-8-6-7-12(17)11-13/h6-8,11,14,18H,3-5,9-10H2,1-2H3. The van der Waals surface area contributed by atoms with Gasteiger partial charge < -0.3 is 14.8 Å². The van der Waals surface area contributed by atoms with Crippen LogP contribution in [-0.2, 0) is 14.3 Å². The van der Waals surface area contributed by atoms with Crippen molar-refractivity contribution < 1.29 is 14.3 Å². The van der Waals surface area contributed by atoms with E-state index in [4.69, 9.17) is 9.47 Å². The Labute approximate surface area is 134 Å². The molecule has 0 heterocycles. The number of carbonyl (C=O) groups is 1. The minimum absolute atomic E-state index is 0.177. The Morgan fingerprint density at radius 1 is 1.48 bits per heavy atom. The topological polar surface area (TPSA) is 47.6 Å². The van der Waals surface area contributed by atoms with E-state index in [-0.39, 0.29) is 12.1 Å². The average Bonchev–Trinajstić information content (AvgIpc) is 2.48. The van der Waals surface area contributed by atoms with Crippen LogP contribution in [0.15, 0.2) is 28.7 Å². The van der Waals surface area contributed by atoms with Crippen LogP contribution in [0.25, 0.3) is 0 Å². The third kappa shape index (κ3) is 3.58. The van der Waals surface area contributed by atoms with Crippen LogP contribution in [0.1, 0.15) is 32.6 Å². The normalized spacial score (nSPS) is 25.4. The Morgan fingerprint density at radius 2 is 2.29 bits per heavy atom.